The molecule has 350 valence electrons. The van der Waals surface area contributed by atoms with Gasteiger partial charge in [0.25, 0.3) is 8.32 Å². The Bertz CT molecular complexity index is 1560. The van der Waals surface area contributed by atoms with Crippen LogP contribution in [0.2, 0.25) is 38.8 Å². The van der Waals surface area contributed by atoms with Crippen LogP contribution in [0.1, 0.15) is 180 Å². The lowest BCUT2D eigenvalue weighted by molar-refractivity contribution is -0.0606. The lowest BCUT2D eigenvalue weighted by atomic mass is 10.4. The fourth-order valence-electron chi connectivity index (χ4n) is 14.2. The van der Waals surface area contributed by atoms with Crippen molar-refractivity contribution in [3.8, 4) is 0 Å². The summed E-state index contributed by atoms with van der Waals surface area (Å²) < 4.78 is 108. The van der Waals surface area contributed by atoms with Crippen LogP contribution in [0.25, 0.3) is 0 Å². The highest BCUT2D eigenvalue weighted by Crippen LogP contribution is 2.66. The van der Waals surface area contributed by atoms with Crippen molar-refractivity contribution in [2.45, 2.75) is 219 Å². The smallest absolute Gasteiger partial charge is 0.384 e. The van der Waals surface area contributed by atoms with Crippen molar-refractivity contribution >= 4 is 79.0 Å². The maximum absolute atomic E-state index is 8.45. The van der Waals surface area contributed by atoms with Crippen molar-refractivity contribution in [2.75, 3.05) is 0 Å². The van der Waals surface area contributed by atoms with Crippen LogP contribution in [-0.4, -0.2) is 79.0 Å². The van der Waals surface area contributed by atoms with E-state index in [1.54, 1.807) is 0 Å². The second-order valence-electron chi connectivity index (χ2n) is 21.4. The fraction of sp³-hybridized carbons (Fsp3) is 0.854. The van der Waals surface area contributed by atoms with Crippen LogP contribution in [0, 0.1) is 0 Å². The predicted octanol–water partition coefficient (Wildman–Crippen LogP) is 11.0. The normalized spacial score (nSPS) is 47.0. The minimum absolute atomic E-state index is 0.00102. The second kappa shape index (κ2) is 16.6. The molecule has 6 saturated heterocycles. The zero-order chi connectivity index (χ0) is 42.7. The molecule has 7 aliphatic carbocycles. The molecule has 13 fully saturated rings. The molecule has 8 bridgehead atoms. The minimum atomic E-state index is -4.64. The van der Waals surface area contributed by atoms with E-state index in [2.05, 4.69) is 19.7 Å². The molecule has 6 aliphatic heterocycles. The molecule has 63 heavy (non-hydrogen) atoms. The summed E-state index contributed by atoms with van der Waals surface area (Å²) in [6, 6.07) is 0. The standard InChI is InChI=1S/C41H72O13Si9/c1-4-55(5-2,6-3)42-63-52-60(39-29-15-16-30-39)46-57(36-23-9-10-24-36)43-56(35-21-7-8-22-35)44-58(48-60,37-25-11-12-26-37)50-62(54-63,41-33-19-20-34-41)51-59(45-56,38-27-13-14-28-38)49-61(47-57,53-63)40-31-17-18-32-40/h4-6,35-41H,1-3,7-34H2. The van der Waals surface area contributed by atoms with Gasteiger partial charge in [0.2, 0.25) is 0 Å². The van der Waals surface area contributed by atoms with Crippen molar-refractivity contribution in [1.82, 2.24) is 0 Å². The first-order chi connectivity index (χ1) is 30.6. The van der Waals surface area contributed by atoms with E-state index in [0.717, 1.165) is 180 Å². The molecule has 0 spiro atoms. The molecule has 6 heterocycles. The summed E-state index contributed by atoms with van der Waals surface area (Å²) in [6.07, 6.45) is 27.8. The van der Waals surface area contributed by atoms with Gasteiger partial charge in [-0.15, -0.1) is 19.7 Å². The van der Waals surface area contributed by atoms with E-state index in [4.69, 9.17) is 53.5 Å². The molecule has 0 radical (unpaired) electrons. The number of rotatable bonds is 12. The van der Waals surface area contributed by atoms with E-state index in [1.807, 2.05) is 17.1 Å². The van der Waals surface area contributed by atoms with E-state index in [-0.39, 0.29) is 38.8 Å². The average molecular weight is 1030 g/mol. The van der Waals surface area contributed by atoms with Crippen LogP contribution in [0.15, 0.2) is 36.8 Å². The van der Waals surface area contributed by atoms with Crippen molar-refractivity contribution < 1.29 is 53.5 Å². The lowest BCUT2D eigenvalue weighted by Crippen LogP contribution is -2.91. The quantitative estimate of drug-likeness (QED) is 0.173. The Morgan fingerprint density at radius 1 is 0.286 bits per heavy atom. The molecule has 0 N–H and O–H groups in total. The van der Waals surface area contributed by atoms with Gasteiger partial charge in [-0.05, 0) is 89.9 Å². The van der Waals surface area contributed by atoms with Crippen LogP contribution >= 0.6 is 0 Å². The van der Waals surface area contributed by atoms with Gasteiger partial charge in [-0.2, -0.15) is 0 Å². The lowest BCUT2D eigenvalue weighted by Gasteiger charge is -2.66. The first kappa shape index (κ1) is 44.8. The van der Waals surface area contributed by atoms with Gasteiger partial charge in [-0.3, -0.25) is 0 Å². The van der Waals surface area contributed by atoms with Gasteiger partial charge in [0, 0.05) is 38.8 Å². The molecule has 0 aromatic heterocycles. The summed E-state index contributed by atoms with van der Waals surface area (Å²) in [6.45, 7) is 13.0. The first-order valence-corrected chi connectivity index (χ1v) is 42.0. The van der Waals surface area contributed by atoms with Crippen molar-refractivity contribution in [3.63, 3.8) is 0 Å². The van der Waals surface area contributed by atoms with Crippen LogP contribution in [-0.2, 0) is 53.5 Å². The highest BCUT2D eigenvalue weighted by Gasteiger charge is 2.89. The van der Waals surface area contributed by atoms with Crippen LogP contribution in [0.4, 0.5) is 0 Å². The SMILES string of the molecule is C=C[Si](C=C)(C=C)O[Si]12O[Si]3(C4CCCC4)O[Si]4(C5CCCC5)O[Si](C5CCCC5)(O1)O[Si]1(C5CCCC5)O[Si](C5CCCC5)(O2)O[Si](C2CCCC2)(O3)O[Si](C2CCCC2)(O4)O1. The molecule has 7 saturated carbocycles. The molecule has 0 aromatic rings. The van der Waals surface area contributed by atoms with Gasteiger partial charge in [0.1, 0.15) is 0 Å². The average Bonchev–Trinajstić information content (AvgIpc) is 4.13. The molecule has 13 aliphatic rings. The fourth-order valence-corrected chi connectivity index (χ4v) is 72.3. The van der Waals surface area contributed by atoms with E-state index in [9.17, 15) is 0 Å². The Balaban J connectivity index is 1.20. The topological polar surface area (TPSA) is 120 Å². The summed E-state index contributed by atoms with van der Waals surface area (Å²) in [5.41, 5.74) is 5.37. The number of hydrogen-bond acceptors (Lipinski definition) is 13. The molecular weight excluding hydrogens is 953 g/mol. The third kappa shape index (κ3) is 7.22. The maximum atomic E-state index is 8.45. The molecule has 0 amide bonds. The van der Waals surface area contributed by atoms with E-state index in [0.29, 0.717) is 0 Å². The van der Waals surface area contributed by atoms with Gasteiger partial charge in [-0.1, -0.05) is 107 Å². The predicted molar refractivity (Wildman–Crippen MR) is 252 cm³/mol. The second-order valence-corrected chi connectivity index (χ2v) is 50.1. The van der Waals surface area contributed by atoms with Gasteiger partial charge < -0.3 is 53.5 Å². The van der Waals surface area contributed by atoms with Crippen LogP contribution in [0.3, 0.4) is 0 Å². The van der Waals surface area contributed by atoms with E-state index < -0.39 is 79.0 Å². The molecule has 0 unspecified atom stereocenters. The third-order valence-corrected chi connectivity index (χ3v) is 59.9. The molecule has 13 nitrogen and oxygen atoms in total. The molecule has 0 atom stereocenters. The molecule has 0 aromatic carbocycles. The Kier molecular flexibility index (Phi) is 11.8. The largest absolute Gasteiger partial charge is 0.647 e. The summed E-state index contributed by atoms with van der Waals surface area (Å²) >= 11 is 0. The monoisotopic (exact) mass is 1020 g/mol. The van der Waals surface area contributed by atoms with Crippen LogP contribution < -0.4 is 0 Å². The molecular formula is C41H72O13Si9. The zero-order valence-electron chi connectivity index (χ0n) is 37.5. The Hall–Kier alpha value is 0.652. The van der Waals surface area contributed by atoms with Crippen molar-refractivity contribution in [1.29, 1.82) is 0 Å². The Morgan fingerprint density at radius 3 is 0.603 bits per heavy atom. The molecule has 13 rings (SSSR count). The first-order valence-electron chi connectivity index (χ1n) is 25.6. The van der Waals surface area contributed by atoms with Crippen molar-refractivity contribution in [3.05, 3.63) is 36.8 Å². The third-order valence-electron chi connectivity index (χ3n) is 17.6. The van der Waals surface area contributed by atoms with Crippen LogP contribution in [0.5, 0.6) is 0 Å². The minimum Gasteiger partial charge on any atom is -0.384 e. The summed E-state index contributed by atoms with van der Waals surface area (Å²) in [5, 5.41) is 0. The van der Waals surface area contributed by atoms with Gasteiger partial charge in [0.05, 0.1) is 0 Å². The van der Waals surface area contributed by atoms with Crippen molar-refractivity contribution in [2.24, 2.45) is 0 Å². The zero-order valence-corrected chi connectivity index (χ0v) is 46.5. The summed E-state index contributed by atoms with van der Waals surface area (Å²) in [5.74, 6) is 0. The van der Waals surface area contributed by atoms with E-state index in [1.165, 1.54) is 0 Å². The Labute approximate surface area is 385 Å². The summed E-state index contributed by atoms with van der Waals surface area (Å²) in [7, 11) is -36.3. The van der Waals surface area contributed by atoms with Gasteiger partial charge in [-0.25, -0.2) is 0 Å². The number of hydrogen-bond donors (Lipinski definition) is 0. The maximum Gasteiger partial charge on any atom is 0.647 e. The van der Waals surface area contributed by atoms with Gasteiger partial charge in [0.15, 0.2) is 0 Å². The highest BCUT2D eigenvalue weighted by molar-refractivity contribution is 7.05. The summed E-state index contributed by atoms with van der Waals surface area (Å²) in [4.78, 5) is 0. The Morgan fingerprint density at radius 2 is 0.444 bits per heavy atom. The van der Waals surface area contributed by atoms with E-state index >= 15 is 0 Å². The molecule has 22 heteroatoms. The highest BCUT2D eigenvalue weighted by atomic mass is 28.6. The van der Waals surface area contributed by atoms with Gasteiger partial charge >= 0.3 is 70.7 Å².